The number of para-hydroxylation sites is 1. The van der Waals surface area contributed by atoms with Crippen LogP contribution in [0.3, 0.4) is 0 Å². The number of aliphatic hydroxyl groups is 1. The molecule has 0 radical (unpaired) electrons. The maximum Gasteiger partial charge on any atom is 0.430 e. The average molecular weight is 560 g/mol. The van der Waals surface area contributed by atoms with Gasteiger partial charge in [0.1, 0.15) is 5.75 Å². The Bertz CT molecular complexity index is 1170. The molecule has 0 spiro atoms. The molecule has 0 aliphatic rings. The van der Waals surface area contributed by atoms with E-state index in [9.17, 15) is 40.2 Å². The Morgan fingerprint density at radius 3 is 1.86 bits per heavy atom. The summed E-state index contributed by atoms with van der Waals surface area (Å²) in [4.78, 5) is 3.83. The third-order valence-corrected chi connectivity index (χ3v) is 5.98. The first-order valence-electron chi connectivity index (χ1n) is 9.94. The minimum absolute atomic E-state index is 0.0412. The largest absolute Gasteiger partial charge is 0.435 e. The number of alkyl halides is 8. The van der Waals surface area contributed by atoms with Crippen molar-refractivity contribution in [3.8, 4) is 5.75 Å². The molecule has 0 saturated carbocycles. The van der Waals surface area contributed by atoms with Crippen LogP contribution in [0.4, 0.5) is 35.1 Å². The van der Waals surface area contributed by atoms with Gasteiger partial charge < -0.3 is 9.84 Å². The molecule has 2 aromatic carbocycles. The average Bonchev–Trinajstić information content (AvgIpc) is 2.77. The Balaban J connectivity index is 2.10. The van der Waals surface area contributed by atoms with Gasteiger partial charge in [0.2, 0.25) is 0 Å². The quantitative estimate of drug-likeness (QED) is 0.302. The van der Waals surface area contributed by atoms with Crippen molar-refractivity contribution in [1.29, 1.82) is 0 Å². The van der Waals surface area contributed by atoms with Gasteiger partial charge in [-0.05, 0) is 18.1 Å². The summed E-state index contributed by atoms with van der Waals surface area (Å²) in [6.07, 6.45) is -9.76. The van der Waals surface area contributed by atoms with E-state index in [0.717, 1.165) is 12.1 Å². The normalized spacial score (nSPS) is 13.7. The number of pyridine rings is 1. The zero-order valence-corrected chi connectivity index (χ0v) is 19.2. The lowest BCUT2D eigenvalue weighted by molar-refractivity contribution is -0.376. The Hall–Kier alpha value is -2.63. The SMILES string of the molecule is OC(c1ccc(CC(c2ccccc2OC(F)F)c2c(Cl)cncc2Cl)cc1)(C(F)(F)F)C(F)(F)F. The third kappa shape index (κ3) is 5.52. The molecular weight excluding hydrogens is 545 g/mol. The number of benzene rings is 2. The predicted molar refractivity (Wildman–Crippen MR) is 115 cm³/mol. The number of hydrogen-bond donors (Lipinski definition) is 1. The van der Waals surface area contributed by atoms with Gasteiger partial charge in [0.05, 0.1) is 10.0 Å². The van der Waals surface area contributed by atoms with Gasteiger partial charge >= 0.3 is 19.0 Å². The molecule has 1 N–H and O–H groups in total. The van der Waals surface area contributed by atoms with E-state index in [4.69, 9.17) is 23.2 Å². The molecule has 3 aromatic rings. The van der Waals surface area contributed by atoms with Crippen LogP contribution in [0.15, 0.2) is 60.9 Å². The maximum atomic E-state index is 13.2. The fourth-order valence-corrected chi connectivity index (χ4v) is 4.33. The van der Waals surface area contributed by atoms with Gasteiger partial charge in [0.25, 0.3) is 5.60 Å². The second-order valence-corrected chi connectivity index (χ2v) is 8.41. The first kappa shape index (κ1) is 27.9. The number of aromatic nitrogens is 1. The molecule has 194 valence electrons. The van der Waals surface area contributed by atoms with Crippen molar-refractivity contribution in [3.05, 3.63) is 93.2 Å². The minimum atomic E-state index is -6.04. The molecule has 0 aliphatic carbocycles. The van der Waals surface area contributed by atoms with E-state index in [0.29, 0.717) is 12.1 Å². The predicted octanol–water partition coefficient (Wildman–Crippen LogP) is 7.68. The summed E-state index contributed by atoms with van der Waals surface area (Å²) in [5.74, 6) is -1.15. The molecule has 0 aliphatic heterocycles. The molecule has 13 heteroatoms. The molecule has 0 amide bonds. The van der Waals surface area contributed by atoms with Gasteiger partial charge in [-0.2, -0.15) is 35.1 Å². The smallest absolute Gasteiger partial charge is 0.430 e. The fraction of sp³-hybridized carbons (Fsp3) is 0.261. The summed E-state index contributed by atoms with van der Waals surface area (Å²) in [6, 6.07) is 8.52. The molecule has 0 fully saturated rings. The van der Waals surface area contributed by atoms with Gasteiger partial charge in [-0.25, -0.2) is 0 Å². The number of rotatable bonds is 7. The van der Waals surface area contributed by atoms with Gasteiger partial charge in [-0.3, -0.25) is 4.98 Å². The zero-order chi connectivity index (χ0) is 26.9. The first-order valence-corrected chi connectivity index (χ1v) is 10.7. The molecule has 3 nitrogen and oxygen atoms in total. The van der Waals surface area contributed by atoms with Gasteiger partial charge in [0.15, 0.2) is 0 Å². The summed E-state index contributed by atoms with van der Waals surface area (Å²) in [5.41, 5.74) is -5.94. The summed E-state index contributed by atoms with van der Waals surface area (Å²) in [5, 5.41) is 9.68. The lowest BCUT2D eigenvalue weighted by Crippen LogP contribution is -2.53. The lowest BCUT2D eigenvalue weighted by Gasteiger charge is -2.32. The Kier molecular flexibility index (Phi) is 8.07. The molecule has 0 saturated heterocycles. The standard InChI is InChI=1S/C23H15Cl2F8NO2/c24-16-10-34-11-17(25)19(16)15(14-3-1-2-4-18(14)36-20(26)27)9-12-5-7-13(8-6-12)21(35,22(28,29)30)23(31,32)33/h1-8,10-11,15,20,35H,9H2. The zero-order valence-electron chi connectivity index (χ0n) is 17.7. The molecule has 1 atom stereocenters. The van der Waals surface area contributed by atoms with Crippen LogP contribution in [0, 0.1) is 0 Å². The first-order chi connectivity index (χ1) is 16.7. The maximum absolute atomic E-state index is 13.2. The number of hydrogen-bond acceptors (Lipinski definition) is 3. The summed E-state index contributed by atoms with van der Waals surface area (Å²) >= 11 is 12.5. The molecular formula is C23H15Cl2F8NO2. The minimum Gasteiger partial charge on any atom is -0.435 e. The number of nitrogens with zero attached hydrogens (tertiary/aromatic N) is 1. The van der Waals surface area contributed by atoms with E-state index < -0.39 is 36.0 Å². The highest BCUT2D eigenvalue weighted by molar-refractivity contribution is 6.35. The fourth-order valence-electron chi connectivity index (χ4n) is 3.70. The van der Waals surface area contributed by atoms with Crippen LogP contribution in [0.1, 0.15) is 28.2 Å². The van der Waals surface area contributed by atoms with Crippen LogP contribution in [0.5, 0.6) is 5.75 Å². The lowest BCUT2D eigenvalue weighted by atomic mass is 9.84. The Morgan fingerprint density at radius 2 is 1.36 bits per heavy atom. The van der Waals surface area contributed by atoms with E-state index >= 15 is 0 Å². The van der Waals surface area contributed by atoms with E-state index in [2.05, 4.69) is 9.72 Å². The van der Waals surface area contributed by atoms with Crippen molar-refractivity contribution < 1.29 is 45.0 Å². The van der Waals surface area contributed by atoms with Gasteiger partial charge in [-0.15, -0.1) is 0 Å². The number of ether oxygens (including phenoxy) is 1. The van der Waals surface area contributed by atoms with Crippen LogP contribution >= 0.6 is 23.2 Å². The highest BCUT2D eigenvalue weighted by atomic mass is 35.5. The topological polar surface area (TPSA) is 42.4 Å². The second-order valence-electron chi connectivity index (χ2n) is 7.59. The van der Waals surface area contributed by atoms with Crippen molar-refractivity contribution in [2.24, 2.45) is 0 Å². The van der Waals surface area contributed by atoms with E-state index in [1.54, 1.807) is 0 Å². The summed E-state index contributed by atoms with van der Waals surface area (Å²) in [7, 11) is 0. The molecule has 36 heavy (non-hydrogen) atoms. The highest BCUT2D eigenvalue weighted by Gasteiger charge is 2.71. The van der Waals surface area contributed by atoms with Crippen molar-refractivity contribution in [2.75, 3.05) is 0 Å². The van der Waals surface area contributed by atoms with Crippen LogP contribution in [0.2, 0.25) is 10.0 Å². The van der Waals surface area contributed by atoms with Crippen molar-refractivity contribution in [2.45, 2.75) is 36.9 Å². The van der Waals surface area contributed by atoms with Crippen molar-refractivity contribution in [3.63, 3.8) is 0 Å². The molecule has 1 heterocycles. The third-order valence-electron chi connectivity index (χ3n) is 5.38. The van der Waals surface area contributed by atoms with Crippen molar-refractivity contribution in [1.82, 2.24) is 4.98 Å². The Labute approximate surface area is 209 Å². The van der Waals surface area contributed by atoms with Crippen molar-refractivity contribution >= 4 is 23.2 Å². The van der Waals surface area contributed by atoms with Crippen LogP contribution in [-0.4, -0.2) is 29.1 Å². The Morgan fingerprint density at radius 1 is 0.833 bits per heavy atom. The highest BCUT2D eigenvalue weighted by Crippen LogP contribution is 2.50. The summed E-state index contributed by atoms with van der Waals surface area (Å²) < 4.78 is 110. The number of halogens is 10. The van der Waals surface area contributed by atoms with Crippen LogP contribution in [-0.2, 0) is 12.0 Å². The molecule has 0 bridgehead atoms. The van der Waals surface area contributed by atoms with Crippen LogP contribution in [0.25, 0.3) is 0 Å². The van der Waals surface area contributed by atoms with E-state index in [1.807, 2.05) is 0 Å². The molecule has 3 rings (SSSR count). The van der Waals surface area contributed by atoms with Crippen LogP contribution < -0.4 is 4.74 Å². The summed E-state index contributed by atoms with van der Waals surface area (Å²) in [6.45, 7) is -3.18. The second kappa shape index (κ2) is 10.4. The monoisotopic (exact) mass is 559 g/mol. The van der Waals surface area contributed by atoms with E-state index in [-0.39, 0.29) is 38.9 Å². The molecule has 1 unspecified atom stereocenters. The van der Waals surface area contributed by atoms with Gasteiger partial charge in [0, 0.05) is 35.0 Å². The van der Waals surface area contributed by atoms with E-state index in [1.165, 1.54) is 36.7 Å². The van der Waals surface area contributed by atoms with Gasteiger partial charge in [-0.1, -0.05) is 65.7 Å². The molecule has 1 aromatic heterocycles.